The van der Waals surface area contributed by atoms with Gasteiger partial charge in [-0.25, -0.2) is 0 Å². The summed E-state index contributed by atoms with van der Waals surface area (Å²) in [7, 11) is 1.90. The average Bonchev–Trinajstić information content (AvgIpc) is 2.19. The number of phenolic OH excluding ortho intramolecular Hbond substituents is 1. The van der Waals surface area contributed by atoms with Gasteiger partial charge in [0.25, 0.3) is 0 Å². The SMILES string of the molecule is CNC(C)/C=C/c1ccc(O)c(Cl)c1. The van der Waals surface area contributed by atoms with E-state index in [1.807, 2.05) is 25.3 Å². The molecule has 14 heavy (non-hydrogen) atoms. The Morgan fingerprint density at radius 3 is 2.79 bits per heavy atom. The van der Waals surface area contributed by atoms with Crippen LogP contribution in [0.15, 0.2) is 24.3 Å². The highest BCUT2D eigenvalue weighted by atomic mass is 35.5. The molecule has 0 saturated carbocycles. The van der Waals surface area contributed by atoms with Crippen molar-refractivity contribution in [2.24, 2.45) is 0 Å². The standard InChI is InChI=1S/C11H14ClNO/c1-8(13-2)3-4-9-5-6-11(14)10(12)7-9/h3-8,13-14H,1-2H3/b4-3+. The molecule has 3 heteroatoms. The Kier molecular flexibility index (Phi) is 3.98. The van der Waals surface area contributed by atoms with E-state index in [1.165, 1.54) is 0 Å². The molecular formula is C11H14ClNO. The summed E-state index contributed by atoms with van der Waals surface area (Å²) in [6.07, 6.45) is 4.00. The Balaban J connectivity index is 2.77. The molecule has 1 rings (SSSR count). The maximum absolute atomic E-state index is 9.20. The van der Waals surface area contributed by atoms with Gasteiger partial charge in [0.15, 0.2) is 0 Å². The van der Waals surface area contributed by atoms with Crippen molar-refractivity contribution in [3.63, 3.8) is 0 Å². The molecule has 1 atom stereocenters. The lowest BCUT2D eigenvalue weighted by atomic mass is 10.2. The highest BCUT2D eigenvalue weighted by molar-refractivity contribution is 6.32. The summed E-state index contributed by atoms with van der Waals surface area (Å²) < 4.78 is 0. The van der Waals surface area contributed by atoms with Gasteiger partial charge in [-0.2, -0.15) is 0 Å². The smallest absolute Gasteiger partial charge is 0.134 e. The Morgan fingerprint density at radius 1 is 1.50 bits per heavy atom. The Labute approximate surface area is 89.2 Å². The molecule has 0 spiro atoms. The van der Waals surface area contributed by atoms with Gasteiger partial charge in [0.2, 0.25) is 0 Å². The lowest BCUT2D eigenvalue weighted by molar-refractivity contribution is 0.475. The Bertz CT molecular complexity index is 336. The minimum Gasteiger partial charge on any atom is -0.506 e. The summed E-state index contributed by atoms with van der Waals surface area (Å²) >= 11 is 5.76. The molecule has 0 aromatic heterocycles. The van der Waals surface area contributed by atoms with Crippen molar-refractivity contribution in [1.82, 2.24) is 5.32 Å². The summed E-state index contributed by atoms with van der Waals surface area (Å²) in [5.41, 5.74) is 0.981. The summed E-state index contributed by atoms with van der Waals surface area (Å²) in [4.78, 5) is 0. The molecule has 2 nitrogen and oxygen atoms in total. The second kappa shape index (κ2) is 5.03. The van der Waals surface area contributed by atoms with Gasteiger partial charge < -0.3 is 10.4 Å². The van der Waals surface area contributed by atoms with E-state index in [9.17, 15) is 5.11 Å². The van der Waals surface area contributed by atoms with Gasteiger partial charge in [0.1, 0.15) is 5.75 Å². The zero-order valence-corrected chi connectivity index (χ0v) is 9.05. The minimum absolute atomic E-state index is 0.116. The van der Waals surface area contributed by atoms with Crippen LogP contribution >= 0.6 is 11.6 Å². The second-order valence-corrected chi connectivity index (χ2v) is 3.55. The van der Waals surface area contributed by atoms with Gasteiger partial charge in [-0.3, -0.25) is 0 Å². The van der Waals surface area contributed by atoms with Crippen molar-refractivity contribution in [3.8, 4) is 5.75 Å². The summed E-state index contributed by atoms with van der Waals surface area (Å²) in [5.74, 6) is 0.116. The Hall–Kier alpha value is -0.990. The van der Waals surface area contributed by atoms with Crippen LogP contribution < -0.4 is 5.32 Å². The van der Waals surface area contributed by atoms with Crippen LogP contribution in [0.1, 0.15) is 12.5 Å². The third kappa shape index (κ3) is 3.05. The number of hydrogen-bond acceptors (Lipinski definition) is 2. The van der Waals surface area contributed by atoms with Crippen LogP contribution in [0.4, 0.5) is 0 Å². The van der Waals surface area contributed by atoms with Crippen molar-refractivity contribution in [2.45, 2.75) is 13.0 Å². The van der Waals surface area contributed by atoms with Gasteiger partial charge >= 0.3 is 0 Å². The largest absolute Gasteiger partial charge is 0.506 e. The van der Waals surface area contributed by atoms with Crippen molar-refractivity contribution in [3.05, 3.63) is 34.9 Å². The van der Waals surface area contributed by atoms with Crippen LogP contribution in [0.5, 0.6) is 5.75 Å². The molecule has 1 aromatic carbocycles. The third-order valence-corrected chi connectivity index (χ3v) is 2.31. The predicted octanol–water partition coefficient (Wildman–Crippen LogP) is 2.67. The van der Waals surface area contributed by atoms with E-state index in [-0.39, 0.29) is 5.75 Å². The average molecular weight is 212 g/mol. The molecule has 0 aliphatic carbocycles. The van der Waals surface area contributed by atoms with Gasteiger partial charge in [0.05, 0.1) is 5.02 Å². The molecule has 0 heterocycles. The maximum atomic E-state index is 9.20. The quantitative estimate of drug-likeness (QED) is 0.806. The zero-order chi connectivity index (χ0) is 10.6. The molecule has 2 N–H and O–H groups in total. The molecule has 0 amide bonds. The molecule has 0 aliphatic heterocycles. The first-order valence-corrected chi connectivity index (χ1v) is 4.85. The van der Waals surface area contributed by atoms with E-state index >= 15 is 0 Å². The van der Waals surface area contributed by atoms with Crippen LogP contribution in [0.2, 0.25) is 5.02 Å². The summed E-state index contributed by atoms with van der Waals surface area (Å²) in [6.45, 7) is 2.05. The van der Waals surface area contributed by atoms with Gasteiger partial charge in [-0.05, 0) is 31.7 Å². The van der Waals surface area contributed by atoms with Crippen molar-refractivity contribution in [2.75, 3.05) is 7.05 Å². The lowest BCUT2D eigenvalue weighted by Gasteiger charge is -2.02. The number of benzene rings is 1. The molecule has 0 saturated heterocycles. The topological polar surface area (TPSA) is 32.3 Å². The fourth-order valence-corrected chi connectivity index (χ4v) is 1.17. The van der Waals surface area contributed by atoms with Gasteiger partial charge in [-0.15, -0.1) is 0 Å². The lowest BCUT2D eigenvalue weighted by Crippen LogP contribution is -2.17. The van der Waals surface area contributed by atoms with E-state index in [0.29, 0.717) is 11.1 Å². The normalized spacial score (nSPS) is 13.4. The van der Waals surface area contributed by atoms with Crippen LogP contribution in [-0.2, 0) is 0 Å². The second-order valence-electron chi connectivity index (χ2n) is 3.15. The van der Waals surface area contributed by atoms with E-state index in [2.05, 4.69) is 12.2 Å². The molecule has 1 unspecified atom stereocenters. The number of nitrogens with one attached hydrogen (secondary N) is 1. The van der Waals surface area contributed by atoms with Gasteiger partial charge in [0, 0.05) is 6.04 Å². The molecule has 0 radical (unpaired) electrons. The van der Waals surface area contributed by atoms with E-state index in [1.54, 1.807) is 12.1 Å². The highest BCUT2D eigenvalue weighted by Gasteiger charge is 1.97. The number of phenols is 1. The highest BCUT2D eigenvalue weighted by Crippen LogP contribution is 2.24. The fraction of sp³-hybridized carbons (Fsp3) is 0.273. The van der Waals surface area contributed by atoms with Gasteiger partial charge in [-0.1, -0.05) is 29.8 Å². The van der Waals surface area contributed by atoms with Crippen molar-refractivity contribution < 1.29 is 5.11 Å². The molecular weight excluding hydrogens is 198 g/mol. The van der Waals surface area contributed by atoms with Crippen LogP contribution in [0, 0.1) is 0 Å². The molecule has 0 fully saturated rings. The monoisotopic (exact) mass is 211 g/mol. The minimum atomic E-state index is 0.116. The maximum Gasteiger partial charge on any atom is 0.134 e. The first kappa shape index (κ1) is 11.1. The van der Waals surface area contributed by atoms with Crippen LogP contribution in [-0.4, -0.2) is 18.2 Å². The van der Waals surface area contributed by atoms with E-state index < -0.39 is 0 Å². The zero-order valence-electron chi connectivity index (χ0n) is 8.29. The number of aromatic hydroxyl groups is 1. The van der Waals surface area contributed by atoms with Crippen molar-refractivity contribution >= 4 is 17.7 Å². The fourth-order valence-electron chi connectivity index (χ4n) is 0.978. The Morgan fingerprint density at radius 2 is 2.21 bits per heavy atom. The molecule has 0 bridgehead atoms. The number of hydrogen-bond donors (Lipinski definition) is 2. The predicted molar refractivity (Wildman–Crippen MR) is 60.7 cm³/mol. The third-order valence-electron chi connectivity index (χ3n) is 2.00. The molecule has 0 aliphatic rings. The molecule has 76 valence electrons. The number of rotatable bonds is 3. The summed E-state index contributed by atoms with van der Waals surface area (Å²) in [5, 5.41) is 12.7. The first-order chi connectivity index (χ1) is 6.63. The van der Waals surface area contributed by atoms with E-state index in [0.717, 1.165) is 5.56 Å². The van der Waals surface area contributed by atoms with Crippen LogP contribution in [0.25, 0.3) is 6.08 Å². The van der Waals surface area contributed by atoms with Crippen LogP contribution in [0.3, 0.4) is 0 Å². The number of likely N-dealkylation sites (N-methyl/N-ethyl adjacent to an activating group) is 1. The number of halogens is 1. The summed E-state index contributed by atoms with van der Waals surface area (Å²) in [6, 6.07) is 5.46. The van der Waals surface area contributed by atoms with Crippen molar-refractivity contribution in [1.29, 1.82) is 0 Å². The molecule has 1 aromatic rings. The van der Waals surface area contributed by atoms with E-state index in [4.69, 9.17) is 11.6 Å². The first-order valence-electron chi connectivity index (χ1n) is 4.47.